The van der Waals surface area contributed by atoms with Gasteiger partial charge in [0.05, 0.1) is 27.2 Å². The van der Waals surface area contributed by atoms with E-state index in [4.69, 9.17) is 0 Å². The predicted molar refractivity (Wildman–Crippen MR) is 143 cm³/mol. The highest BCUT2D eigenvalue weighted by Crippen LogP contribution is 2.24. The third-order valence-electron chi connectivity index (χ3n) is 6.56. The Bertz CT molecular complexity index is 1400. The highest BCUT2D eigenvalue weighted by molar-refractivity contribution is 5.98. The molecule has 0 saturated heterocycles. The molecular weight excluding hydrogens is 428 g/mol. The van der Waals surface area contributed by atoms with Crippen molar-refractivity contribution in [1.29, 1.82) is 0 Å². The van der Waals surface area contributed by atoms with Crippen LogP contribution < -0.4 is 22.2 Å². The normalized spacial score (nSPS) is 11.2. The maximum absolute atomic E-state index is 13.1. The fourth-order valence-electron chi connectivity index (χ4n) is 4.15. The molecular formula is C28H36N2O4. The van der Waals surface area contributed by atoms with E-state index in [1.165, 1.54) is 16.7 Å². The van der Waals surface area contributed by atoms with Gasteiger partial charge in [-0.25, -0.2) is 4.57 Å². The third-order valence-corrected chi connectivity index (χ3v) is 6.56. The first-order valence-electron chi connectivity index (χ1n) is 12.3. The zero-order valence-corrected chi connectivity index (χ0v) is 21.6. The van der Waals surface area contributed by atoms with Crippen LogP contribution in [-0.2, 0) is 12.0 Å². The van der Waals surface area contributed by atoms with E-state index in [1.54, 1.807) is 12.1 Å². The number of hydrogen-bond acceptors (Lipinski definition) is 4. The molecule has 0 amide bonds. The summed E-state index contributed by atoms with van der Waals surface area (Å²) in [6.07, 6.45) is 2.09. The van der Waals surface area contributed by atoms with Crippen LogP contribution in [-0.4, -0.2) is 9.13 Å². The zero-order valence-electron chi connectivity index (χ0n) is 21.6. The Labute approximate surface area is 200 Å². The average Bonchev–Trinajstić information content (AvgIpc) is 3.29. The van der Waals surface area contributed by atoms with Crippen molar-refractivity contribution in [3.05, 3.63) is 83.4 Å². The highest BCUT2D eigenvalue weighted by atomic mass is 16.2. The second-order valence-corrected chi connectivity index (χ2v) is 8.06. The largest absolute Gasteiger partial charge is 0.269 e. The number of benzene rings is 2. The summed E-state index contributed by atoms with van der Waals surface area (Å²) in [5.41, 5.74) is -0.810. The summed E-state index contributed by atoms with van der Waals surface area (Å²) in [6, 6.07) is 10.1. The molecule has 0 aliphatic carbocycles. The van der Waals surface area contributed by atoms with Crippen molar-refractivity contribution in [2.75, 3.05) is 0 Å². The Morgan fingerprint density at radius 1 is 0.647 bits per heavy atom. The van der Waals surface area contributed by atoms with E-state index in [0.717, 1.165) is 16.6 Å². The smallest absolute Gasteiger partial charge is 0.266 e. The van der Waals surface area contributed by atoms with E-state index in [2.05, 4.69) is 0 Å². The van der Waals surface area contributed by atoms with E-state index >= 15 is 0 Å². The lowest BCUT2D eigenvalue weighted by Crippen LogP contribution is -2.42. The van der Waals surface area contributed by atoms with Crippen molar-refractivity contribution in [2.24, 2.45) is 0 Å². The summed E-state index contributed by atoms with van der Waals surface area (Å²) < 4.78 is 2.39. The topological polar surface area (TPSA) is 78.1 Å². The molecule has 0 aliphatic heterocycles. The molecule has 0 N–H and O–H groups in total. The van der Waals surface area contributed by atoms with Gasteiger partial charge in [0.2, 0.25) is 0 Å². The van der Waals surface area contributed by atoms with E-state index < -0.39 is 27.8 Å². The molecule has 0 unspecified atom stereocenters. The van der Waals surface area contributed by atoms with Crippen LogP contribution >= 0.6 is 0 Å². The molecule has 0 radical (unpaired) electrons. The van der Waals surface area contributed by atoms with Gasteiger partial charge < -0.3 is 0 Å². The summed E-state index contributed by atoms with van der Waals surface area (Å²) in [6.45, 7) is 15.8. The van der Waals surface area contributed by atoms with Gasteiger partial charge >= 0.3 is 0 Å². The molecule has 182 valence electrons. The van der Waals surface area contributed by atoms with Crippen LogP contribution in [0.1, 0.15) is 73.8 Å². The molecule has 2 aromatic carbocycles. The first-order chi connectivity index (χ1) is 16.3. The summed E-state index contributed by atoms with van der Waals surface area (Å²) in [5, 5.41) is 0.708. The van der Waals surface area contributed by atoms with Gasteiger partial charge in [0.25, 0.3) is 22.2 Å². The molecule has 0 bridgehead atoms. The second kappa shape index (κ2) is 10.8. The Kier molecular flexibility index (Phi) is 8.54. The number of aromatic nitrogens is 2. The Morgan fingerprint density at radius 3 is 1.38 bits per heavy atom. The molecule has 0 saturated carbocycles. The van der Waals surface area contributed by atoms with E-state index in [1.807, 2.05) is 67.5 Å². The SMILES string of the molecule is CC.CC.CCc1ccc(-n2c(=O)c3cc4c(=O)n(C(C)(CC)CC)c(=O)c4cc3c2=O)cc1. The van der Waals surface area contributed by atoms with Crippen molar-refractivity contribution in [1.82, 2.24) is 9.13 Å². The lowest BCUT2D eigenvalue weighted by Gasteiger charge is -2.27. The second-order valence-electron chi connectivity index (χ2n) is 8.06. The fourth-order valence-corrected chi connectivity index (χ4v) is 4.15. The van der Waals surface area contributed by atoms with Crippen LogP contribution in [0.15, 0.2) is 55.6 Å². The molecule has 2 heterocycles. The molecule has 0 atom stereocenters. The minimum Gasteiger partial charge on any atom is -0.269 e. The average molecular weight is 465 g/mol. The van der Waals surface area contributed by atoms with Gasteiger partial charge in [-0.2, -0.15) is 0 Å². The summed E-state index contributed by atoms with van der Waals surface area (Å²) in [7, 11) is 0. The lowest BCUT2D eigenvalue weighted by atomic mass is 9.95. The Hall–Kier alpha value is -3.28. The van der Waals surface area contributed by atoms with Crippen LogP contribution in [0.4, 0.5) is 0 Å². The number of rotatable bonds is 5. The summed E-state index contributed by atoms with van der Waals surface area (Å²) in [5.74, 6) is 0. The van der Waals surface area contributed by atoms with Crippen molar-refractivity contribution >= 4 is 21.5 Å². The maximum atomic E-state index is 13.1. The van der Waals surface area contributed by atoms with Gasteiger partial charge in [-0.05, 0) is 56.0 Å². The predicted octanol–water partition coefficient (Wildman–Crippen LogP) is 5.05. The van der Waals surface area contributed by atoms with E-state index in [-0.39, 0.29) is 21.5 Å². The minimum absolute atomic E-state index is 0.163. The number of hydrogen-bond donors (Lipinski definition) is 0. The standard InChI is InChI=1S/C24H24N2O4.2C2H6/c1-5-14-8-10-15(11-9-14)25-20(27)16-12-18-19(13-17(16)21(25)28)23(30)26(22(18)29)24(4,6-2)7-3;2*1-2/h8-13H,5-7H2,1-4H3;2*1-2H3. The van der Waals surface area contributed by atoms with Crippen LogP contribution in [0.25, 0.3) is 27.2 Å². The number of aryl methyl sites for hydroxylation is 1. The van der Waals surface area contributed by atoms with Gasteiger partial charge in [-0.1, -0.05) is 60.6 Å². The van der Waals surface area contributed by atoms with Gasteiger partial charge in [0.15, 0.2) is 0 Å². The van der Waals surface area contributed by atoms with Crippen molar-refractivity contribution in [3.63, 3.8) is 0 Å². The zero-order chi connectivity index (χ0) is 25.8. The summed E-state index contributed by atoms with van der Waals surface area (Å²) in [4.78, 5) is 52.2. The summed E-state index contributed by atoms with van der Waals surface area (Å²) >= 11 is 0. The van der Waals surface area contributed by atoms with Gasteiger partial charge in [-0.15, -0.1) is 0 Å². The van der Waals surface area contributed by atoms with Crippen LogP contribution in [0, 0.1) is 0 Å². The molecule has 0 fully saturated rings. The Morgan fingerprint density at radius 2 is 1.03 bits per heavy atom. The van der Waals surface area contributed by atoms with E-state index in [0.29, 0.717) is 18.5 Å². The van der Waals surface area contributed by atoms with Crippen LogP contribution in [0.5, 0.6) is 0 Å². The molecule has 4 rings (SSSR count). The van der Waals surface area contributed by atoms with Gasteiger partial charge in [0, 0.05) is 5.54 Å². The first kappa shape index (κ1) is 27.0. The van der Waals surface area contributed by atoms with E-state index in [9.17, 15) is 19.2 Å². The van der Waals surface area contributed by atoms with Crippen molar-refractivity contribution in [3.8, 4) is 5.69 Å². The minimum atomic E-state index is -0.612. The molecule has 34 heavy (non-hydrogen) atoms. The maximum Gasteiger partial charge on any atom is 0.266 e. The quantitative estimate of drug-likeness (QED) is 0.414. The molecule has 0 aliphatic rings. The van der Waals surface area contributed by atoms with Gasteiger partial charge in [-0.3, -0.25) is 23.7 Å². The first-order valence-corrected chi connectivity index (χ1v) is 12.3. The fraction of sp³-hybridized carbons (Fsp3) is 0.429. The highest BCUT2D eigenvalue weighted by Gasteiger charge is 2.29. The number of fused-ring (bicyclic) bond motifs is 2. The molecule has 4 aromatic rings. The lowest BCUT2D eigenvalue weighted by molar-refractivity contribution is 0.282. The number of nitrogens with zero attached hydrogens (tertiary/aromatic N) is 2. The third kappa shape index (κ3) is 4.17. The van der Waals surface area contributed by atoms with Crippen LogP contribution in [0.3, 0.4) is 0 Å². The van der Waals surface area contributed by atoms with Crippen molar-refractivity contribution < 1.29 is 0 Å². The van der Waals surface area contributed by atoms with Crippen LogP contribution in [0.2, 0.25) is 0 Å². The van der Waals surface area contributed by atoms with Gasteiger partial charge in [0.1, 0.15) is 0 Å². The molecule has 6 heteroatoms. The van der Waals surface area contributed by atoms with Crippen molar-refractivity contribution in [2.45, 2.75) is 80.2 Å². The molecule has 2 aromatic heterocycles. The molecule has 6 nitrogen and oxygen atoms in total. The monoisotopic (exact) mass is 464 g/mol. The molecule has 0 spiro atoms. The Balaban J connectivity index is 0.000000970.